The number of benzene rings is 1. The molecule has 0 saturated heterocycles. The Hall–Kier alpha value is -2.87. The van der Waals surface area contributed by atoms with Crippen LogP contribution in [0.2, 0.25) is 5.02 Å². The highest BCUT2D eigenvalue weighted by molar-refractivity contribution is 6.30. The van der Waals surface area contributed by atoms with Gasteiger partial charge in [-0.05, 0) is 43.9 Å². The summed E-state index contributed by atoms with van der Waals surface area (Å²) in [7, 11) is 1.62. The van der Waals surface area contributed by atoms with Crippen molar-refractivity contribution in [3.05, 3.63) is 52.3 Å². The van der Waals surface area contributed by atoms with E-state index in [2.05, 4.69) is 15.7 Å². The van der Waals surface area contributed by atoms with Gasteiger partial charge in [0, 0.05) is 30.7 Å². The SMILES string of the molecule is CN1C(=O)c2cc(C(=O)NCCc3ccc(Cl)cc3)nn2C[C@]1(C)C(=O)NC1CCCC1. The molecule has 2 heterocycles. The zero-order valence-electron chi connectivity index (χ0n) is 18.4. The molecule has 0 radical (unpaired) electrons. The fourth-order valence-electron chi connectivity index (χ4n) is 4.31. The molecule has 170 valence electrons. The maximum atomic E-state index is 13.0. The molecule has 9 heteroatoms. The van der Waals surface area contributed by atoms with E-state index in [1.807, 2.05) is 24.3 Å². The van der Waals surface area contributed by atoms with Gasteiger partial charge in [-0.1, -0.05) is 36.6 Å². The molecule has 1 aromatic heterocycles. The molecule has 3 amide bonds. The van der Waals surface area contributed by atoms with Crippen molar-refractivity contribution in [3.63, 3.8) is 0 Å². The van der Waals surface area contributed by atoms with Crippen molar-refractivity contribution >= 4 is 29.3 Å². The molecule has 1 aliphatic heterocycles. The fraction of sp³-hybridized carbons (Fsp3) is 0.478. The van der Waals surface area contributed by atoms with E-state index in [1.54, 1.807) is 14.0 Å². The molecule has 0 unspecified atom stereocenters. The summed E-state index contributed by atoms with van der Waals surface area (Å²) < 4.78 is 1.48. The minimum absolute atomic E-state index is 0.156. The van der Waals surface area contributed by atoms with Crippen molar-refractivity contribution in [3.8, 4) is 0 Å². The van der Waals surface area contributed by atoms with Gasteiger partial charge in [0.05, 0.1) is 6.54 Å². The van der Waals surface area contributed by atoms with Gasteiger partial charge < -0.3 is 15.5 Å². The highest BCUT2D eigenvalue weighted by Crippen LogP contribution is 2.27. The number of carbonyl (C=O) groups is 3. The molecule has 2 aromatic rings. The monoisotopic (exact) mass is 457 g/mol. The molecular formula is C23H28ClN5O3. The van der Waals surface area contributed by atoms with E-state index in [0.29, 0.717) is 23.7 Å². The number of carbonyl (C=O) groups excluding carboxylic acids is 3. The Balaban J connectivity index is 1.43. The van der Waals surface area contributed by atoms with Crippen LogP contribution in [0, 0.1) is 0 Å². The summed E-state index contributed by atoms with van der Waals surface area (Å²) in [4.78, 5) is 40.1. The van der Waals surface area contributed by atoms with Crippen molar-refractivity contribution in [2.75, 3.05) is 13.6 Å². The zero-order chi connectivity index (χ0) is 22.9. The van der Waals surface area contributed by atoms with Gasteiger partial charge in [0.15, 0.2) is 5.69 Å². The third-order valence-corrected chi connectivity index (χ3v) is 6.78. The summed E-state index contributed by atoms with van der Waals surface area (Å²) in [5.41, 5.74) is 0.459. The highest BCUT2D eigenvalue weighted by Gasteiger charge is 2.46. The molecule has 1 aliphatic carbocycles. The van der Waals surface area contributed by atoms with Gasteiger partial charge in [-0.2, -0.15) is 5.10 Å². The first-order valence-electron chi connectivity index (χ1n) is 11.0. The lowest BCUT2D eigenvalue weighted by atomic mass is 9.95. The second-order valence-corrected chi connectivity index (χ2v) is 9.23. The third-order valence-electron chi connectivity index (χ3n) is 6.53. The highest BCUT2D eigenvalue weighted by atomic mass is 35.5. The van der Waals surface area contributed by atoms with Gasteiger partial charge in [-0.25, -0.2) is 0 Å². The predicted molar refractivity (Wildman–Crippen MR) is 121 cm³/mol. The Kier molecular flexibility index (Phi) is 6.24. The first-order chi connectivity index (χ1) is 15.3. The van der Waals surface area contributed by atoms with E-state index in [-0.39, 0.29) is 36.0 Å². The molecule has 1 saturated carbocycles. The quantitative estimate of drug-likeness (QED) is 0.696. The number of aromatic nitrogens is 2. The molecule has 1 fully saturated rings. The van der Waals surface area contributed by atoms with Crippen LogP contribution in [0.15, 0.2) is 30.3 Å². The van der Waals surface area contributed by atoms with Crippen LogP contribution < -0.4 is 10.6 Å². The van der Waals surface area contributed by atoms with Crippen LogP contribution >= 0.6 is 11.6 Å². The van der Waals surface area contributed by atoms with Crippen molar-refractivity contribution in [1.82, 2.24) is 25.3 Å². The standard InChI is InChI=1S/C23H28ClN5O3/c1-23(22(32)26-17-5-3-4-6-17)14-29-19(21(31)28(23)2)13-18(27-29)20(30)25-12-11-15-7-9-16(24)10-8-15/h7-10,13,17H,3-6,11-12,14H2,1-2H3,(H,25,30)(H,26,32)/t23-/m1/s1. The van der Waals surface area contributed by atoms with Gasteiger partial charge in [-0.15, -0.1) is 0 Å². The number of nitrogens with zero attached hydrogens (tertiary/aromatic N) is 3. The Morgan fingerprint density at radius 2 is 1.91 bits per heavy atom. The summed E-state index contributed by atoms with van der Waals surface area (Å²) in [6.07, 6.45) is 4.80. The van der Waals surface area contributed by atoms with Crippen molar-refractivity contribution in [2.45, 2.75) is 57.2 Å². The molecule has 1 atom stereocenters. The number of hydrogen-bond acceptors (Lipinski definition) is 4. The summed E-state index contributed by atoms with van der Waals surface area (Å²) in [6, 6.07) is 9.09. The second-order valence-electron chi connectivity index (χ2n) is 8.80. The fourth-order valence-corrected chi connectivity index (χ4v) is 4.44. The van der Waals surface area contributed by atoms with Gasteiger partial charge in [0.1, 0.15) is 11.2 Å². The summed E-state index contributed by atoms with van der Waals surface area (Å²) in [5, 5.41) is 10.9. The van der Waals surface area contributed by atoms with Crippen LogP contribution in [-0.2, 0) is 17.8 Å². The maximum absolute atomic E-state index is 13.0. The van der Waals surface area contributed by atoms with Crippen LogP contribution in [-0.4, -0.2) is 57.6 Å². The number of halogens is 1. The molecule has 2 N–H and O–H groups in total. The van der Waals surface area contributed by atoms with Gasteiger partial charge >= 0.3 is 0 Å². The Morgan fingerprint density at radius 3 is 2.59 bits per heavy atom. The van der Waals surface area contributed by atoms with Gasteiger partial charge in [0.2, 0.25) is 5.91 Å². The van der Waals surface area contributed by atoms with Crippen molar-refractivity contribution < 1.29 is 14.4 Å². The predicted octanol–water partition coefficient (Wildman–Crippen LogP) is 2.41. The topological polar surface area (TPSA) is 96.3 Å². The van der Waals surface area contributed by atoms with Crippen molar-refractivity contribution in [1.29, 1.82) is 0 Å². The van der Waals surface area contributed by atoms with E-state index in [4.69, 9.17) is 11.6 Å². The number of likely N-dealkylation sites (N-methyl/N-ethyl adjacent to an activating group) is 1. The maximum Gasteiger partial charge on any atom is 0.272 e. The molecule has 32 heavy (non-hydrogen) atoms. The van der Waals surface area contributed by atoms with Crippen LogP contribution in [0.1, 0.15) is 59.1 Å². The van der Waals surface area contributed by atoms with E-state index in [1.165, 1.54) is 15.6 Å². The molecular weight excluding hydrogens is 430 g/mol. The third kappa shape index (κ3) is 4.37. The summed E-state index contributed by atoms with van der Waals surface area (Å²) >= 11 is 5.89. The Bertz CT molecular complexity index is 1030. The lowest BCUT2D eigenvalue weighted by molar-refractivity contribution is -0.133. The van der Waals surface area contributed by atoms with Crippen molar-refractivity contribution in [2.24, 2.45) is 0 Å². The molecule has 2 aliphatic rings. The van der Waals surface area contributed by atoms with E-state index >= 15 is 0 Å². The lowest BCUT2D eigenvalue weighted by Gasteiger charge is -2.41. The van der Waals surface area contributed by atoms with Crippen LogP contribution in [0.3, 0.4) is 0 Å². The largest absolute Gasteiger partial charge is 0.351 e. The molecule has 4 rings (SSSR count). The first kappa shape index (κ1) is 22.3. The van der Waals surface area contributed by atoms with Gasteiger partial charge in [0.25, 0.3) is 11.8 Å². The number of rotatable bonds is 6. The van der Waals surface area contributed by atoms with Crippen LogP contribution in [0.5, 0.6) is 0 Å². The average molecular weight is 458 g/mol. The normalized spacial score (nSPS) is 20.8. The summed E-state index contributed by atoms with van der Waals surface area (Å²) in [5.74, 6) is -0.864. The minimum atomic E-state index is -1.07. The van der Waals surface area contributed by atoms with E-state index < -0.39 is 5.54 Å². The van der Waals surface area contributed by atoms with E-state index in [0.717, 1.165) is 31.2 Å². The number of hydrogen-bond donors (Lipinski definition) is 2. The Labute approximate surface area is 192 Å². The second kappa shape index (κ2) is 8.94. The van der Waals surface area contributed by atoms with Crippen LogP contribution in [0.25, 0.3) is 0 Å². The minimum Gasteiger partial charge on any atom is -0.351 e. The lowest BCUT2D eigenvalue weighted by Crippen LogP contribution is -2.63. The zero-order valence-corrected chi connectivity index (χ0v) is 19.1. The first-order valence-corrected chi connectivity index (χ1v) is 11.4. The average Bonchev–Trinajstić information content (AvgIpc) is 3.43. The number of nitrogens with one attached hydrogen (secondary N) is 2. The molecule has 0 spiro atoms. The smallest absolute Gasteiger partial charge is 0.272 e. The Morgan fingerprint density at radius 1 is 1.22 bits per heavy atom. The summed E-state index contributed by atoms with van der Waals surface area (Å²) in [6.45, 7) is 2.37. The van der Waals surface area contributed by atoms with Gasteiger partial charge in [-0.3, -0.25) is 19.1 Å². The molecule has 1 aromatic carbocycles. The van der Waals surface area contributed by atoms with Crippen LogP contribution in [0.4, 0.5) is 0 Å². The molecule has 8 nitrogen and oxygen atoms in total. The van der Waals surface area contributed by atoms with E-state index in [9.17, 15) is 14.4 Å². The number of amides is 3. The molecule has 0 bridgehead atoms. The number of fused-ring (bicyclic) bond motifs is 1.